The molecule has 0 radical (unpaired) electrons. The minimum atomic E-state index is 0.321. The third kappa shape index (κ3) is 2.87. The fraction of sp³-hybridized carbons (Fsp3) is 0.0909. The predicted molar refractivity (Wildman–Crippen MR) is 71.0 cm³/mol. The summed E-state index contributed by atoms with van der Waals surface area (Å²) < 4.78 is 6.04. The number of aromatic nitrogens is 2. The van der Waals surface area contributed by atoms with Gasteiger partial charge in [0.25, 0.3) is 0 Å². The first kappa shape index (κ1) is 12.1. The van der Waals surface area contributed by atoms with Crippen LogP contribution in [0.3, 0.4) is 0 Å². The molecule has 0 saturated heterocycles. The molecule has 0 fully saturated rings. The lowest BCUT2D eigenvalue weighted by Gasteiger charge is -2.10. The van der Waals surface area contributed by atoms with Crippen molar-refractivity contribution in [2.24, 2.45) is 0 Å². The van der Waals surface area contributed by atoms with E-state index in [0.717, 1.165) is 15.9 Å². The van der Waals surface area contributed by atoms with Crippen LogP contribution in [-0.4, -0.2) is 17.1 Å². The summed E-state index contributed by atoms with van der Waals surface area (Å²) in [6.45, 7) is 0. The van der Waals surface area contributed by atoms with E-state index in [0.29, 0.717) is 11.0 Å². The molecule has 1 N–H and O–H groups in total. The molecule has 2 aromatic rings. The summed E-state index contributed by atoms with van der Waals surface area (Å²) in [6, 6.07) is 5.58. The van der Waals surface area contributed by atoms with E-state index in [4.69, 9.17) is 16.3 Å². The quantitative estimate of drug-likeness (QED) is 0.939. The average Bonchev–Trinajstić information content (AvgIpc) is 2.35. The Labute approximate surface area is 112 Å². The molecular formula is C11H9BrClN3O. The first-order chi connectivity index (χ1) is 8.20. The van der Waals surface area contributed by atoms with Gasteiger partial charge in [0.2, 0.25) is 0 Å². The highest BCUT2D eigenvalue weighted by molar-refractivity contribution is 9.10. The maximum atomic E-state index is 5.92. The molecule has 1 aromatic heterocycles. The Bertz CT molecular complexity index is 536. The van der Waals surface area contributed by atoms with Gasteiger partial charge in [-0.15, -0.1) is 0 Å². The summed E-state index contributed by atoms with van der Waals surface area (Å²) in [5.74, 6) is 1.25. The number of halogens is 2. The van der Waals surface area contributed by atoms with Crippen molar-refractivity contribution in [2.75, 3.05) is 12.4 Å². The van der Waals surface area contributed by atoms with Crippen LogP contribution >= 0.6 is 27.5 Å². The molecule has 0 aliphatic rings. The van der Waals surface area contributed by atoms with E-state index in [-0.39, 0.29) is 0 Å². The van der Waals surface area contributed by atoms with E-state index < -0.39 is 0 Å². The molecule has 0 amide bonds. The van der Waals surface area contributed by atoms with Crippen LogP contribution in [0.5, 0.6) is 5.75 Å². The molecule has 0 atom stereocenters. The third-order valence-corrected chi connectivity index (χ3v) is 3.05. The molecular weight excluding hydrogens is 305 g/mol. The van der Waals surface area contributed by atoms with Crippen molar-refractivity contribution in [3.63, 3.8) is 0 Å². The van der Waals surface area contributed by atoms with Crippen molar-refractivity contribution in [1.29, 1.82) is 0 Å². The van der Waals surface area contributed by atoms with Gasteiger partial charge in [0.05, 0.1) is 12.8 Å². The Morgan fingerprint density at radius 3 is 2.76 bits per heavy atom. The molecule has 6 heteroatoms. The van der Waals surface area contributed by atoms with Gasteiger partial charge in [-0.05, 0) is 28.1 Å². The van der Waals surface area contributed by atoms with Crippen molar-refractivity contribution >= 4 is 39.0 Å². The normalized spacial score (nSPS) is 10.1. The highest BCUT2D eigenvalue weighted by Gasteiger charge is 2.06. The lowest BCUT2D eigenvalue weighted by atomic mass is 10.3. The Kier molecular flexibility index (Phi) is 3.81. The molecule has 0 spiro atoms. The molecule has 88 valence electrons. The summed E-state index contributed by atoms with van der Waals surface area (Å²) >= 11 is 9.35. The summed E-state index contributed by atoms with van der Waals surface area (Å²) in [4.78, 5) is 8.04. The molecule has 0 saturated carbocycles. The Hall–Kier alpha value is -1.33. The number of ether oxygens (including phenoxy) is 1. The van der Waals surface area contributed by atoms with E-state index >= 15 is 0 Å². The van der Waals surface area contributed by atoms with Crippen LogP contribution in [0.25, 0.3) is 0 Å². The summed E-state index contributed by atoms with van der Waals surface area (Å²) in [5.41, 5.74) is 0.812. The van der Waals surface area contributed by atoms with Gasteiger partial charge in [-0.1, -0.05) is 11.6 Å². The number of methoxy groups -OCH3 is 1. The van der Waals surface area contributed by atoms with E-state index in [1.165, 1.54) is 6.20 Å². The van der Waals surface area contributed by atoms with Gasteiger partial charge >= 0.3 is 0 Å². The smallest absolute Gasteiger partial charge is 0.171 e. The van der Waals surface area contributed by atoms with Gasteiger partial charge in [-0.2, -0.15) is 0 Å². The lowest BCUT2D eigenvalue weighted by molar-refractivity contribution is 0.415. The van der Waals surface area contributed by atoms with Crippen molar-refractivity contribution in [2.45, 2.75) is 0 Å². The second-order valence-electron chi connectivity index (χ2n) is 3.17. The minimum absolute atomic E-state index is 0.321. The second-order valence-corrected chi connectivity index (χ2v) is 4.38. The molecule has 0 unspecified atom stereocenters. The van der Waals surface area contributed by atoms with Crippen LogP contribution in [0.1, 0.15) is 0 Å². The van der Waals surface area contributed by atoms with Crippen molar-refractivity contribution in [3.8, 4) is 5.75 Å². The van der Waals surface area contributed by atoms with Crippen molar-refractivity contribution < 1.29 is 4.74 Å². The number of nitrogens with zero attached hydrogens (tertiary/aromatic N) is 2. The van der Waals surface area contributed by atoms with Crippen LogP contribution in [0.4, 0.5) is 11.5 Å². The second kappa shape index (κ2) is 5.33. The Balaban J connectivity index is 2.32. The molecule has 0 bridgehead atoms. The van der Waals surface area contributed by atoms with Crippen LogP contribution in [0, 0.1) is 0 Å². The molecule has 1 heterocycles. The average molecular weight is 315 g/mol. The molecule has 0 aliphatic carbocycles. The maximum Gasteiger partial charge on any atom is 0.171 e. The largest absolute Gasteiger partial charge is 0.497 e. The summed E-state index contributed by atoms with van der Waals surface area (Å²) in [6.07, 6.45) is 3.11. The SMILES string of the molecule is COc1ccc(Br)c(Nc2nccnc2Cl)c1. The number of benzene rings is 1. The number of anilines is 2. The summed E-state index contributed by atoms with van der Waals surface area (Å²) in [7, 11) is 1.61. The molecule has 2 rings (SSSR count). The lowest BCUT2D eigenvalue weighted by Crippen LogP contribution is -1.97. The molecule has 17 heavy (non-hydrogen) atoms. The number of hydrogen-bond acceptors (Lipinski definition) is 4. The first-order valence-corrected chi connectivity index (χ1v) is 5.95. The fourth-order valence-electron chi connectivity index (χ4n) is 1.26. The predicted octanol–water partition coefficient (Wildman–Crippen LogP) is 3.64. The molecule has 4 nitrogen and oxygen atoms in total. The maximum absolute atomic E-state index is 5.92. The van der Waals surface area contributed by atoms with E-state index in [1.807, 2.05) is 18.2 Å². The Morgan fingerprint density at radius 1 is 1.29 bits per heavy atom. The summed E-state index contributed by atoms with van der Waals surface area (Å²) in [5, 5.41) is 3.40. The van der Waals surface area contributed by atoms with E-state index in [2.05, 4.69) is 31.2 Å². The highest BCUT2D eigenvalue weighted by atomic mass is 79.9. The molecule has 0 aliphatic heterocycles. The van der Waals surface area contributed by atoms with Crippen molar-refractivity contribution in [1.82, 2.24) is 9.97 Å². The van der Waals surface area contributed by atoms with Gasteiger partial charge in [0, 0.05) is 22.9 Å². The molecule has 1 aromatic carbocycles. The van der Waals surface area contributed by atoms with Gasteiger partial charge in [-0.3, -0.25) is 0 Å². The monoisotopic (exact) mass is 313 g/mol. The van der Waals surface area contributed by atoms with Gasteiger partial charge in [0.1, 0.15) is 5.75 Å². The zero-order valence-electron chi connectivity index (χ0n) is 8.95. The number of nitrogens with one attached hydrogen (secondary N) is 1. The minimum Gasteiger partial charge on any atom is -0.497 e. The van der Waals surface area contributed by atoms with Crippen LogP contribution in [0.15, 0.2) is 35.1 Å². The van der Waals surface area contributed by atoms with Gasteiger partial charge in [-0.25, -0.2) is 9.97 Å². The highest BCUT2D eigenvalue weighted by Crippen LogP contribution is 2.30. The zero-order chi connectivity index (χ0) is 12.3. The number of hydrogen-bond donors (Lipinski definition) is 1. The van der Waals surface area contributed by atoms with Gasteiger partial charge in [0.15, 0.2) is 11.0 Å². The standard InChI is InChI=1S/C11H9BrClN3O/c1-17-7-2-3-8(12)9(6-7)16-11-10(13)14-4-5-15-11/h2-6H,1H3,(H,15,16). The van der Waals surface area contributed by atoms with Crippen molar-refractivity contribution in [3.05, 3.63) is 40.2 Å². The van der Waals surface area contributed by atoms with Crippen LogP contribution in [-0.2, 0) is 0 Å². The third-order valence-electron chi connectivity index (χ3n) is 2.08. The van der Waals surface area contributed by atoms with Crippen LogP contribution in [0.2, 0.25) is 5.15 Å². The number of rotatable bonds is 3. The van der Waals surface area contributed by atoms with E-state index in [9.17, 15) is 0 Å². The fourth-order valence-corrected chi connectivity index (χ4v) is 1.76. The Morgan fingerprint density at radius 2 is 2.06 bits per heavy atom. The first-order valence-electron chi connectivity index (χ1n) is 4.78. The zero-order valence-corrected chi connectivity index (χ0v) is 11.3. The van der Waals surface area contributed by atoms with Crippen LogP contribution < -0.4 is 10.1 Å². The topological polar surface area (TPSA) is 47.0 Å². The van der Waals surface area contributed by atoms with E-state index in [1.54, 1.807) is 13.3 Å². The van der Waals surface area contributed by atoms with Gasteiger partial charge < -0.3 is 10.1 Å².